The van der Waals surface area contributed by atoms with Gasteiger partial charge in [-0.1, -0.05) is 52.2 Å². The van der Waals surface area contributed by atoms with E-state index in [9.17, 15) is 5.11 Å². The summed E-state index contributed by atoms with van der Waals surface area (Å²) in [4.78, 5) is 0. The lowest BCUT2D eigenvalue weighted by atomic mass is 9.47. The van der Waals surface area contributed by atoms with E-state index in [4.69, 9.17) is 10.8 Å². The summed E-state index contributed by atoms with van der Waals surface area (Å²) in [7, 11) is -1.73. The van der Waals surface area contributed by atoms with Gasteiger partial charge in [-0.15, -0.1) is 6.42 Å². The summed E-state index contributed by atoms with van der Waals surface area (Å²) in [5, 5.41) is 11.3. The minimum Gasteiger partial charge on any atom is -0.414 e. The Labute approximate surface area is 199 Å². The lowest BCUT2D eigenvalue weighted by Gasteiger charge is -2.59. The van der Waals surface area contributed by atoms with E-state index < -0.39 is 13.9 Å². The maximum atomic E-state index is 11.0. The Balaban J connectivity index is 1.54. The van der Waals surface area contributed by atoms with E-state index in [1.54, 1.807) is 5.57 Å². The molecule has 0 aromatic rings. The monoisotopic (exact) mass is 456 g/mol. The van der Waals surface area contributed by atoms with Crippen molar-refractivity contribution >= 4 is 8.32 Å². The smallest absolute Gasteiger partial charge is 0.192 e. The van der Waals surface area contributed by atoms with Crippen molar-refractivity contribution in [3.05, 3.63) is 11.6 Å². The van der Waals surface area contributed by atoms with Crippen molar-refractivity contribution in [3.8, 4) is 12.3 Å². The highest BCUT2D eigenvalue weighted by Gasteiger charge is 2.61. The van der Waals surface area contributed by atoms with Crippen molar-refractivity contribution in [2.24, 2.45) is 34.5 Å². The Hall–Kier alpha value is -0.563. The van der Waals surface area contributed by atoms with Gasteiger partial charge >= 0.3 is 0 Å². The summed E-state index contributed by atoms with van der Waals surface area (Å²) in [5.41, 5.74) is 1.24. The van der Waals surface area contributed by atoms with Crippen molar-refractivity contribution in [2.45, 2.75) is 123 Å². The molecule has 8 atom stereocenters. The summed E-state index contributed by atoms with van der Waals surface area (Å²) in [6, 6.07) is 0. The third-order valence-electron chi connectivity index (χ3n) is 11.3. The molecule has 0 unspecified atom stereocenters. The first-order valence-corrected chi connectivity index (χ1v) is 16.1. The lowest BCUT2D eigenvalue weighted by Crippen LogP contribution is -2.53. The molecule has 0 radical (unpaired) electrons. The van der Waals surface area contributed by atoms with Crippen molar-refractivity contribution in [1.29, 1.82) is 0 Å². The Kier molecular flexibility index (Phi) is 5.93. The molecule has 3 fully saturated rings. The molecule has 4 aliphatic carbocycles. The Bertz CT molecular complexity index is 812. The highest BCUT2D eigenvalue weighted by molar-refractivity contribution is 6.74. The molecule has 1 N–H and O–H groups in total. The van der Waals surface area contributed by atoms with Crippen LogP contribution in [0.4, 0.5) is 0 Å². The number of rotatable bonds is 3. The molecule has 4 aliphatic rings. The van der Waals surface area contributed by atoms with E-state index in [0.29, 0.717) is 17.4 Å². The summed E-state index contributed by atoms with van der Waals surface area (Å²) in [5.74, 6) is 5.19. The second-order valence-electron chi connectivity index (χ2n) is 14.0. The van der Waals surface area contributed by atoms with E-state index in [1.165, 1.54) is 38.5 Å². The molecule has 0 saturated heterocycles. The van der Waals surface area contributed by atoms with Gasteiger partial charge in [0, 0.05) is 12.0 Å². The molecule has 0 aromatic carbocycles. The van der Waals surface area contributed by atoms with E-state index in [2.05, 4.69) is 59.7 Å². The molecule has 0 amide bonds. The topological polar surface area (TPSA) is 29.5 Å². The molecular weight excluding hydrogens is 408 g/mol. The van der Waals surface area contributed by atoms with Crippen molar-refractivity contribution in [2.75, 3.05) is 0 Å². The average molecular weight is 457 g/mol. The first-order valence-electron chi connectivity index (χ1n) is 13.2. The summed E-state index contributed by atoms with van der Waals surface area (Å²) >= 11 is 0. The van der Waals surface area contributed by atoms with Gasteiger partial charge in [-0.25, -0.2) is 0 Å². The Morgan fingerprint density at radius 1 is 1.06 bits per heavy atom. The first kappa shape index (κ1) is 24.6. The number of aliphatic hydroxyl groups is 1. The zero-order valence-corrected chi connectivity index (χ0v) is 23.1. The van der Waals surface area contributed by atoms with Gasteiger partial charge in [0.2, 0.25) is 0 Å². The molecule has 32 heavy (non-hydrogen) atoms. The third kappa shape index (κ3) is 3.68. The van der Waals surface area contributed by atoms with Crippen LogP contribution in [0, 0.1) is 46.8 Å². The van der Waals surface area contributed by atoms with Crippen LogP contribution in [-0.4, -0.2) is 25.1 Å². The number of hydrogen-bond donors (Lipinski definition) is 1. The van der Waals surface area contributed by atoms with Crippen LogP contribution in [0.1, 0.15) is 92.9 Å². The molecule has 3 heteroatoms. The maximum absolute atomic E-state index is 11.0. The maximum Gasteiger partial charge on any atom is 0.192 e. The lowest BCUT2D eigenvalue weighted by molar-refractivity contribution is -0.0822. The van der Waals surface area contributed by atoms with E-state index >= 15 is 0 Å². The quantitative estimate of drug-likeness (QED) is 0.273. The third-order valence-corrected chi connectivity index (χ3v) is 15.8. The average Bonchev–Trinajstić information content (AvgIpc) is 3.05. The van der Waals surface area contributed by atoms with Crippen LogP contribution in [0.5, 0.6) is 0 Å². The van der Waals surface area contributed by atoms with E-state index in [1.807, 2.05) is 6.92 Å². The summed E-state index contributed by atoms with van der Waals surface area (Å²) in [6.45, 7) is 18.7. The van der Waals surface area contributed by atoms with E-state index in [-0.39, 0.29) is 16.4 Å². The standard InChI is InChI=1S/C29H48O2Si/c1-10-29(7,30)25-14-13-23-22-12-11-20-19-21(31-32(8,9)26(2,3)4)15-17-27(20,5)24(22)16-18-28(23,25)6/h1,11,21-25,30H,12-19H2,2-9H3/t21-,22-,23-,24-,25-,27-,28-,29-/m0/s1. The number of fused-ring (bicyclic) bond motifs is 5. The molecular formula is C29H48O2Si. The van der Waals surface area contributed by atoms with Crippen LogP contribution < -0.4 is 0 Å². The Morgan fingerprint density at radius 3 is 2.38 bits per heavy atom. The van der Waals surface area contributed by atoms with Crippen molar-refractivity contribution < 1.29 is 9.53 Å². The van der Waals surface area contributed by atoms with Crippen LogP contribution in [0.3, 0.4) is 0 Å². The fraction of sp³-hybridized carbons (Fsp3) is 0.862. The highest BCUT2D eigenvalue weighted by Crippen LogP contribution is 2.67. The van der Waals surface area contributed by atoms with Gasteiger partial charge in [0.25, 0.3) is 0 Å². The molecule has 4 rings (SSSR count). The van der Waals surface area contributed by atoms with Crippen LogP contribution in [0.2, 0.25) is 18.1 Å². The van der Waals surface area contributed by atoms with Crippen LogP contribution >= 0.6 is 0 Å². The van der Waals surface area contributed by atoms with Gasteiger partial charge in [0.1, 0.15) is 5.60 Å². The Morgan fingerprint density at radius 2 is 1.75 bits per heavy atom. The molecule has 0 heterocycles. The van der Waals surface area contributed by atoms with Gasteiger partial charge in [0.05, 0.1) is 0 Å². The normalized spacial score (nSPS) is 43.9. The first-order chi connectivity index (χ1) is 14.7. The predicted molar refractivity (Wildman–Crippen MR) is 137 cm³/mol. The fourth-order valence-corrected chi connectivity index (χ4v) is 9.73. The molecule has 0 bridgehead atoms. The molecule has 0 aromatic heterocycles. The van der Waals surface area contributed by atoms with Crippen molar-refractivity contribution in [1.82, 2.24) is 0 Å². The SMILES string of the molecule is C#C[C@](C)(O)[C@H]1CC[C@H]2[C@@H]3CC=C4C[C@@H](O[Si](C)(C)C(C)(C)C)CC[C@]4(C)[C@H]3CC[C@@]21C. The second kappa shape index (κ2) is 7.72. The molecule has 0 spiro atoms. The van der Waals surface area contributed by atoms with Gasteiger partial charge in [-0.3, -0.25) is 0 Å². The largest absolute Gasteiger partial charge is 0.414 e. The van der Waals surface area contributed by atoms with Crippen LogP contribution in [-0.2, 0) is 4.43 Å². The van der Waals surface area contributed by atoms with Crippen molar-refractivity contribution in [3.63, 3.8) is 0 Å². The van der Waals surface area contributed by atoms with E-state index in [0.717, 1.165) is 24.7 Å². The highest BCUT2D eigenvalue weighted by atomic mass is 28.4. The second-order valence-corrected chi connectivity index (χ2v) is 18.7. The predicted octanol–water partition coefficient (Wildman–Crippen LogP) is 7.34. The number of terminal acetylenes is 1. The molecule has 2 nitrogen and oxygen atoms in total. The van der Waals surface area contributed by atoms with Gasteiger partial charge in [-0.05, 0) is 105 Å². The molecule has 3 saturated carbocycles. The zero-order valence-electron chi connectivity index (χ0n) is 22.1. The van der Waals surface area contributed by atoms with Gasteiger partial charge in [0.15, 0.2) is 8.32 Å². The molecule has 180 valence electrons. The summed E-state index contributed by atoms with van der Waals surface area (Å²) < 4.78 is 6.87. The zero-order chi connectivity index (χ0) is 23.7. The fourth-order valence-electron chi connectivity index (χ4n) is 8.35. The summed E-state index contributed by atoms with van der Waals surface area (Å²) in [6.07, 6.45) is 18.5. The molecule has 0 aliphatic heterocycles. The van der Waals surface area contributed by atoms with Gasteiger partial charge < -0.3 is 9.53 Å². The number of allylic oxidation sites excluding steroid dienone is 1. The van der Waals surface area contributed by atoms with Crippen LogP contribution in [0.25, 0.3) is 0 Å². The van der Waals surface area contributed by atoms with Crippen LogP contribution in [0.15, 0.2) is 11.6 Å². The minimum atomic E-state index is -1.73. The number of hydrogen-bond acceptors (Lipinski definition) is 2. The minimum absolute atomic E-state index is 0.182. The van der Waals surface area contributed by atoms with Gasteiger partial charge in [-0.2, -0.15) is 0 Å².